The zero-order valence-electron chi connectivity index (χ0n) is 16.8. The predicted octanol–water partition coefficient (Wildman–Crippen LogP) is 6.78. The topological polar surface area (TPSA) is 53.6 Å². The van der Waals surface area contributed by atoms with Crippen molar-refractivity contribution in [2.24, 2.45) is 0 Å². The van der Waals surface area contributed by atoms with Crippen molar-refractivity contribution in [3.8, 4) is 10.4 Å². The van der Waals surface area contributed by atoms with Gasteiger partial charge in [-0.3, -0.25) is 5.10 Å². The molecule has 8 heteroatoms. The van der Waals surface area contributed by atoms with Gasteiger partial charge >= 0.3 is 6.18 Å². The molecular formula is C22H23F3N4S. The van der Waals surface area contributed by atoms with Gasteiger partial charge in [-0.25, -0.2) is 4.98 Å². The molecule has 2 N–H and O–H groups in total. The fourth-order valence-corrected chi connectivity index (χ4v) is 3.77. The number of hydrogen-bond acceptors (Lipinski definition) is 4. The summed E-state index contributed by atoms with van der Waals surface area (Å²) >= 11 is 1.57. The second kappa shape index (κ2) is 9.75. The molecule has 0 fully saturated rings. The second-order valence-corrected chi connectivity index (χ2v) is 7.46. The Morgan fingerprint density at radius 3 is 2.53 bits per heavy atom. The van der Waals surface area contributed by atoms with E-state index in [2.05, 4.69) is 20.5 Å². The lowest BCUT2D eigenvalue weighted by atomic mass is 10.1. The molecule has 0 aliphatic rings. The average Bonchev–Trinajstić information content (AvgIpc) is 3.41. The summed E-state index contributed by atoms with van der Waals surface area (Å²) in [5, 5.41) is 12.2. The van der Waals surface area contributed by atoms with Crippen LogP contribution in [0.15, 0.2) is 54.9 Å². The standard InChI is InChI=1S/C20H17F3N4S.C2H6/c21-20(22,23)16-7-3-13(4-8-16)2-1-9-24-19-25-12-18(28-19)14-5-6-15-11-26-27-17(15)10-14;1-2/h3-8,10-12H,1-2,9H2,(H,24,25)(H,26,27);1-2H3. The average molecular weight is 433 g/mol. The minimum Gasteiger partial charge on any atom is -0.361 e. The van der Waals surface area contributed by atoms with Gasteiger partial charge in [-0.2, -0.15) is 18.3 Å². The van der Waals surface area contributed by atoms with Gasteiger partial charge in [0.05, 0.1) is 22.2 Å². The van der Waals surface area contributed by atoms with Gasteiger partial charge in [0, 0.05) is 18.1 Å². The number of hydrogen-bond donors (Lipinski definition) is 2. The van der Waals surface area contributed by atoms with E-state index in [1.807, 2.05) is 38.2 Å². The predicted molar refractivity (Wildman–Crippen MR) is 117 cm³/mol. The van der Waals surface area contributed by atoms with Gasteiger partial charge in [0.15, 0.2) is 5.13 Å². The molecule has 0 bridgehead atoms. The Bertz CT molecular complexity index is 1070. The van der Waals surface area contributed by atoms with E-state index in [-0.39, 0.29) is 0 Å². The van der Waals surface area contributed by atoms with E-state index < -0.39 is 11.7 Å². The van der Waals surface area contributed by atoms with E-state index in [1.165, 1.54) is 12.1 Å². The third-order valence-electron chi connectivity index (χ3n) is 4.43. The number of aromatic nitrogens is 3. The number of fused-ring (bicyclic) bond motifs is 1. The summed E-state index contributed by atoms with van der Waals surface area (Å²) in [6, 6.07) is 11.4. The molecule has 4 aromatic rings. The summed E-state index contributed by atoms with van der Waals surface area (Å²) in [6.07, 6.45) is 0.848. The highest BCUT2D eigenvalue weighted by Crippen LogP contribution is 2.31. The zero-order valence-corrected chi connectivity index (χ0v) is 17.6. The molecule has 158 valence electrons. The van der Waals surface area contributed by atoms with Crippen LogP contribution in [-0.2, 0) is 12.6 Å². The molecule has 0 radical (unpaired) electrons. The highest BCUT2D eigenvalue weighted by atomic mass is 32.1. The lowest BCUT2D eigenvalue weighted by Crippen LogP contribution is -2.05. The lowest BCUT2D eigenvalue weighted by Gasteiger charge is -2.07. The van der Waals surface area contributed by atoms with E-state index in [0.717, 1.165) is 50.6 Å². The van der Waals surface area contributed by atoms with Crippen LogP contribution in [0.2, 0.25) is 0 Å². The normalized spacial score (nSPS) is 11.2. The molecule has 4 rings (SSSR count). The third kappa shape index (κ3) is 5.38. The van der Waals surface area contributed by atoms with Crippen LogP contribution in [0.5, 0.6) is 0 Å². The van der Waals surface area contributed by atoms with Gasteiger partial charge in [0.1, 0.15) is 0 Å². The van der Waals surface area contributed by atoms with E-state index >= 15 is 0 Å². The minimum absolute atomic E-state index is 0.613. The number of benzene rings is 2. The molecular weight excluding hydrogens is 409 g/mol. The van der Waals surface area contributed by atoms with Gasteiger partial charge in [-0.15, -0.1) is 0 Å². The van der Waals surface area contributed by atoms with E-state index in [9.17, 15) is 13.2 Å². The molecule has 0 aliphatic carbocycles. The van der Waals surface area contributed by atoms with E-state index in [1.54, 1.807) is 17.5 Å². The van der Waals surface area contributed by atoms with Gasteiger partial charge in [0.2, 0.25) is 0 Å². The summed E-state index contributed by atoms with van der Waals surface area (Å²) in [7, 11) is 0. The lowest BCUT2D eigenvalue weighted by molar-refractivity contribution is -0.137. The van der Waals surface area contributed by atoms with Crippen molar-refractivity contribution in [3.05, 3.63) is 66.0 Å². The maximum atomic E-state index is 12.6. The SMILES string of the molecule is CC.FC(F)(F)c1ccc(CCCNc2ncc(-c3ccc4cn[nH]c4c3)s2)cc1. The highest BCUT2D eigenvalue weighted by molar-refractivity contribution is 7.18. The number of aryl methyl sites for hydroxylation is 1. The molecule has 30 heavy (non-hydrogen) atoms. The first-order chi connectivity index (χ1) is 14.5. The van der Waals surface area contributed by atoms with Crippen molar-refractivity contribution in [3.63, 3.8) is 0 Å². The van der Waals surface area contributed by atoms with Crippen molar-refractivity contribution in [2.75, 3.05) is 11.9 Å². The third-order valence-corrected chi connectivity index (χ3v) is 5.44. The van der Waals surface area contributed by atoms with Crippen LogP contribution in [-0.4, -0.2) is 21.7 Å². The molecule has 0 unspecified atom stereocenters. The molecule has 2 aromatic heterocycles. The fourth-order valence-electron chi connectivity index (χ4n) is 2.93. The maximum Gasteiger partial charge on any atom is 0.416 e. The first kappa shape index (κ1) is 21.8. The number of alkyl halides is 3. The number of rotatable bonds is 6. The molecule has 4 nitrogen and oxygen atoms in total. The Hall–Kier alpha value is -2.87. The van der Waals surface area contributed by atoms with Gasteiger partial charge in [-0.05, 0) is 42.2 Å². The molecule has 0 amide bonds. The fraction of sp³-hybridized carbons (Fsp3) is 0.273. The number of nitrogens with one attached hydrogen (secondary N) is 2. The molecule has 0 saturated heterocycles. The summed E-state index contributed by atoms with van der Waals surface area (Å²) < 4.78 is 37.7. The van der Waals surface area contributed by atoms with Crippen molar-refractivity contribution in [1.82, 2.24) is 15.2 Å². The maximum absolute atomic E-state index is 12.6. The van der Waals surface area contributed by atoms with Crippen LogP contribution < -0.4 is 5.32 Å². The van der Waals surface area contributed by atoms with Crippen molar-refractivity contribution in [1.29, 1.82) is 0 Å². The number of thiazole rings is 1. The Morgan fingerprint density at radius 1 is 1.03 bits per heavy atom. The van der Waals surface area contributed by atoms with Gasteiger partial charge in [-0.1, -0.05) is 49.4 Å². The summed E-state index contributed by atoms with van der Waals surface area (Å²) in [5.74, 6) is 0. The van der Waals surface area contributed by atoms with Crippen molar-refractivity contribution in [2.45, 2.75) is 32.9 Å². The number of halogens is 3. The van der Waals surface area contributed by atoms with Crippen LogP contribution in [0, 0.1) is 0 Å². The van der Waals surface area contributed by atoms with Crippen LogP contribution in [0.25, 0.3) is 21.3 Å². The number of aromatic amines is 1. The van der Waals surface area contributed by atoms with Gasteiger partial charge < -0.3 is 5.32 Å². The zero-order chi connectivity index (χ0) is 21.6. The molecule has 0 aliphatic heterocycles. The van der Waals surface area contributed by atoms with Crippen LogP contribution >= 0.6 is 11.3 Å². The Morgan fingerprint density at radius 2 is 1.80 bits per heavy atom. The van der Waals surface area contributed by atoms with Crippen LogP contribution in [0.3, 0.4) is 0 Å². The first-order valence-corrected chi connectivity index (χ1v) is 10.6. The van der Waals surface area contributed by atoms with Crippen LogP contribution in [0.1, 0.15) is 31.4 Å². The van der Waals surface area contributed by atoms with E-state index in [4.69, 9.17) is 0 Å². The highest BCUT2D eigenvalue weighted by Gasteiger charge is 2.29. The van der Waals surface area contributed by atoms with Gasteiger partial charge in [0.25, 0.3) is 0 Å². The van der Waals surface area contributed by atoms with Crippen LogP contribution in [0.4, 0.5) is 18.3 Å². The molecule has 2 heterocycles. The molecule has 2 aromatic carbocycles. The summed E-state index contributed by atoms with van der Waals surface area (Å²) in [6.45, 7) is 4.70. The summed E-state index contributed by atoms with van der Waals surface area (Å²) in [4.78, 5) is 5.46. The van der Waals surface area contributed by atoms with Crippen molar-refractivity contribution >= 4 is 27.4 Å². The minimum atomic E-state index is -4.29. The summed E-state index contributed by atoms with van der Waals surface area (Å²) in [5.41, 5.74) is 2.34. The Labute approximate surface area is 177 Å². The number of nitrogens with zero attached hydrogens (tertiary/aromatic N) is 2. The van der Waals surface area contributed by atoms with E-state index in [0.29, 0.717) is 13.0 Å². The molecule has 0 atom stereocenters. The second-order valence-electron chi connectivity index (χ2n) is 6.43. The quantitative estimate of drug-likeness (QED) is 0.330. The molecule has 0 spiro atoms. The number of anilines is 1. The Balaban J connectivity index is 0.00000124. The smallest absolute Gasteiger partial charge is 0.361 e. The first-order valence-electron chi connectivity index (χ1n) is 9.78. The monoisotopic (exact) mass is 432 g/mol. The van der Waals surface area contributed by atoms with Crippen molar-refractivity contribution < 1.29 is 13.2 Å². The molecule has 0 saturated carbocycles. The largest absolute Gasteiger partial charge is 0.416 e. The number of H-pyrrole nitrogens is 1. The Kier molecular flexibility index (Phi) is 7.10.